The first-order chi connectivity index (χ1) is 32.6. The van der Waals surface area contributed by atoms with Crippen LogP contribution in [0.2, 0.25) is 0 Å². The van der Waals surface area contributed by atoms with Crippen LogP contribution in [0.5, 0.6) is 11.5 Å². The van der Waals surface area contributed by atoms with Gasteiger partial charge in [0.2, 0.25) is 12.3 Å². The predicted molar refractivity (Wildman–Crippen MR) is 284 cm³/mol. The molecule has 0 N–H and O–H groups in total. The van der Waals surface area contributed by atoms with Gasteiger partial charge in [0.15, 0.2) is 0 Å². The first-order valence-corrected chi connectivity index (χ1v) is 24.7. The van der Waals surface area contributed by atoms with E-state index in [0.29, 0.717) is 0 Å². The molecular formula is C63H63N5O. The Morgan fingerprint density at radius 1 is 0.551 bits per heavy atom. The van der Waals surface area contributed by atoms with Crippen LogP contribution < -0.4 is 9.30 Å². The van der Waals surface area contributed by atoms with Crippen LogP contribution in [0.15, 0.2) is 127 Å². The van der Waals surface area contributed by atoms with Crippen molar-refractivity contribution in [2.75, 3.05) is 0 Å². The van der Waals surface area contributed by atoms with Crippen molar-refractivity contribution in [2.24, 2.45) is 14.1 Å². The molecule has 0 radical (unpaired) electrons. The molecule has 7 aromatic carbocycles. The fourth-order valence-corrected chi connectivity index (χ4v) is 11.9. The van der Waals surface area contributed by atoms with Crippen LogP contribution in [0.1, 0.15) is 128 Å². The third-order valence-corrected chi connectivity index (χ3v) is 15.4. The van der Waals surface area contributed by atoms with E-state index in [1.807, 2.05) is 0 Å². The molecule has 0 fully saturated rings. The number of aromatic nitrogens is 5. The largest absolute Gasteiger partial charge is 0.458 e. The zero-order valence-electron chi connectivity index (χ0n) is 42.8. The highest BCUT2D eigenvalue weighted by atomic mass is 16.5. The lowest BCUT2D eigenvalue weighted by Gasteiger charge is -2.45. The molecule has 0 amide bonds. The molecule has 4 heterocycles. The summed E-state index contributed by atoms with van der Waals surface area (Å²) in [6.07, 6.45) is 3.79. The highest BCUT2D eigenvalue weighted by Crippen LogP contribution is 2.65. The number of rotatable bonds is 3. The number of ether oxygens (including phenoxy) is 1. The minimum absolute atomic E-state index is 0.0591. The normalized spacial score (nSPS) is 14.3. The second kappa shape index (κ2) is 14.1. The molecule has 1 aliphatic heterocycles. The number of hydrogen-bond acceptors (Lipinski definition) is 2. The quantitative estimate of drug-likeness (QED) is 0.131. The molecule has 6 nitrogen and oxygen atoms in total. The van der Waals surface area contributed by atoms with Gasteiger partial charge in [-0.25, -0.2) is 4.98 Å². The van der Waals surface area contributed by atoms with Gasteiger partial charge in [0.1, 0.15) is 11.5 Å². The zero-order valence-corrected chi connectivity index (χ0v) is 42.8. The van der Waals surface area contributed by atoms with Crippen molar-refractivity contribution in [3.05, 3.63) is 178 Å². The van der Waals surface area contributed by atoms with Gasteiger partial charge in [0.05, 0.1) is 51.3 Å². The van der Waals surface area contributed by atoms with Gasteiger partial charge in [-0.15, -0.1) is 0 Å². The van der Waals surface area contributed by atoms with Gasteiger partial charge in [-0.2, -0.15) is 0 Å². The maximum absolute atomic E-state index is 7.10. The van der Waals surface area contributed by atoms with Crippen molar-refractivity contribution in [1.82, 2.24) is 18.7 Å². The molecule has 0 bridgehead atoms. The molecule has 3 aromatic heterocycles. The van der Waals surface area contributed by atoms with Crippen LogP contribution in [0.3, 0.4) is 0 Å². The van der Waals surface area contributed by atoms with Crippen LogP contribution in [0.4, 0.5) is 0 Å². The summed E-state index contributed by atoms with van der Waals surface area (Å²) in [4.78, 5) is 5.18. The van der Waals surface area contributed by atoms with Gasteiger partial charge in [-0.3, -0.25) is 4.57 Å². The smallest absolute Gasteiger partial charge is 0.244 e. The minimum Gasteiger partial charge on any atom is -0.458 e. The summed E-state index contributed by atoms with van der Waals surface area (Å²) in [6, 6.07) is 47.4. The monoisotopic (exact) mass is 906 g/mol. The summed E-state index contributed by atoms with van der Waals surface area (Å²) in [5, 5.41) is 2.33. The van der Waals surface area contributed by atoms with E-state index in [1.54, 1.807) is 0 Å². The molecule has 0 atom stereocenters. The van der Waals surface area contributed by atoms with Crippen molar-refractivity contribution < 1.29 is 9.30 Å². The first-order valence-electron chi connectivity index (χ1n) is 24.7. The fraction of sp³-hybridized carbons (Fsp3) is 0.302. The molecule has 346 valence electrons. The van der Waals surface area contributed by atoms with Crippen molar-refractivity contribution >= 4 is 43.9 Å². The Labute approximate surface area is 406 Å². The number of nitrogens with zero attached hydrogens (tertiary/aromatic N) is 5. The van der Waals surface area contributed by atoms with Gasteiger partial charge < -0.3 is 18.4 Å². The summed E-state index contributed by atoms with van der Waals surface area (Å²) >= 11 is 0. The van der Waals surface area contributed by atoms with Crippen molar-refractivity contribution in [3.8, 4) is 34.3 Å². The fourth-order valence-electron chi connectivity index (χ4n) is 11.9. The molecule has 0 saturated heterocycles. The van der Waals surface area contributed by atoms with E-state index in [-0.39, 0.29) is 21.7 Å². The highest BCUT2D eigenvalue weighted by Gasteiger charge is 2.54. The van der Waals surface area contributed by atoms with Crippen LogP contribution in [-0.2, 0) is 41.2 Å². The second-order valence-corrected chi connectivity index (χ2v) is 24.1. The summed E-state index contributed by atoms with van der Waals surface area (Å²) < 4.78 is 16.0. The van der Waals surface area contributed by atoms with Gasteiger partial charge >= 0.3 is 0 Å². The SMILES string of the molecule is Cn1c(-n2c3ccccc3c3ccc(Oc4ccc5c(c4)-n4[c-][n+](C)c6cccc(c64)C54c5c(cc(C(C)(C)C)cc5C(C)(C)C)-c5cc(C(C)(C)C)cc(C(C)(C)C)c54)cc32)nc2ccccc21. The Bertz CT molecular complexity index is 3740. The average Bonchev–Trinajstić information content (AvgIpc) is 4.00. The van der Waals surface area contributed by atoms with E-state index in [4.69, 9.17) is 9.72 Å². The molecule has 2 aliphatic rings. The summed E-state index contributed by atoms with van der Waals surface area (Å²) in [5.74, 6) is 2.39. The molecule has 0 saturated carbocycles. The van der Waals surface area contributed by atoms with E-state index >= 15 is 0 Å². The average molecular weight is 906 g/mol. The van der Waals surface area contributed by atoms with E-state index in [1.165, 1.54) is 66.5 Å². The Kier molecular flexibility index (Phi) is 8.86. The summed E-state index contributed by atoms with van der Waals surface area (Å²) in [5.41, 5.74) is 20.0. The van der Waals surface area contributed by atoms with Crippen LogP contribution in [-0.4, -0.2) is 18.7 Å². The number of aryl methyl sites for hydroxylation is 2. The standard InChI is InChI=1S/C63H63N5O/c1-59(2,3)37-30-43-44-31-38(60(4,5)6)33-48(62(10,11)12)56(44)63(55(43)47(32-37)61(7,8)9)45-29-27-40(35-54(45)67-36-65(13)52-25-19-21-46(63)57(52)67)69-39-26-28-42-41-20-15-17-23-50(41)68(53(42)34-39)58-64-49-22-16-18-24-51(49)66(58)14/h15-35H,1-14H3. The maximum Gasteiger partial charge on any atom is 0.244 e. The molecule has 6 heteroatoms. The zero-order chi connectivity index (χ0) is 48.5. The lowest BCUT2D eigenvalue weighted by atomic mass is 9.60. The van der Waals surface area contributed by atoms with Crippen LogP contribution in [0.25, 0.3) is 66.6 Å². The molecule has 10 aromatic rings. The Hall–Kier alpha value is -6.92. The first kappa shape index (κ1) is 43.4. The molecule has 1 aliphatic carbocycles. The Morgan fingerprint density at radius 3 is 1.75 bits per heavy atom. The van der Waals surface area contributed by atoms with E-state index < -0.39 is 5.41 Å². The predicted octanol–water partition coefficient (Wildman–Crippen LogP) is 14.9. The highest BCUT2D eigenvalue weighted by molar-refractivity contribution is 6.09. The van der Waals surface area contributed by atoms with Crippen molar-refractivity contribution in [3.63, 3.8) is 0 Å². The third-order valence-electron chi connectivity index (χ3n) is 15.4. The summed E-state index contributed by atoms with van der Waals surface area (Å²) in [7, 11) is 4.23. The number of hydrogen-bond donors (Lipinski definition) is 0. The lowest BCUT2D eigenvalue weighted by Crippen LogP contribution is -2.38. The molecular weight excluding hydrogens is 843 g/mol. The number of fused-ring (bicyclic) bond motifs is 13. The van der Waals surface area contributed by atoms with E-state index in [9.17, 15) is 0 Å². The maximum atomic E-state index is 7.10. The van der Waals surface area contributed by atoms with E-state index in [0.717, 1.165) is 56.1 Å². The number of imidazole rings is 2. The van der Waals surface area contributed by atoms with E-state index in [2.05, 4.69) is 249 Å². The molecule has 69 heavy (non-hydrogen) atoms. The lowest BCUT2D eigenvalue weighted by molar-refractivity contribution is -0.649. The molecule has 1 spiro atoms. The Balaban J connectivity index is 1.14. The van der Waals surface area contributed by atoms with Crippen molar-refractivity contribution in [1.29, 1.82) is 0 Å². The third kappa shape index (κ3) is 6.09. The van der Waals surface area contributed by atoms with Gasteiger partial charge in [-0.1, -0.05) is 162 Å². The number of benzene rings is 7. The van der Waals surface area contributed by atoms with Gasteiger partial charge in [0, 0.05) is 23.9 Å². The van der Waals surface area contributed by atoms with Gasteiger partial charge in [0.25, 0.3) is 0 Å². The number of para-hydroxylation sites is 4. The summed E-state index contributed by atoms with van der Waals surface area (Å²) in [6.45, 7) is 28.6. The molecule has 0 unspecified atom stereocenters. The van der Waals surface area contributed by atoms with Crippen LogP contribution >= 0.6 is 0 Å². The topological polar surface area (TPSA) is 40.8 Å². The Morgan fingerprint density at radius 2 is 1.13 bits per heavy atom. The van der Waals surface area contributed by atoms with Crippen molar-refractivity contribution in [2.45, 2.75) is 110 Å². The second-order valence-electron chi connectivity index (χ2n) is 24.1. The van der Waals surface area contributed by atoms with Gasteiger partial charge in [-0.05, 0) is 120 Å². The minimum atomic E-state index is -0.656. The van der Waals surface area contributed by atoms with Crippen LogP contribution in [0, 0.1) is 6.33 Å². The molecule has 12 rings (SSSR count).